The van der Waals surface area contributed by atoms with Gasteiger partial charge in [-0.3, -0.25) is 9.59 Å². The van der Waals surface area contributed by atoms with Crippen molar-refractivity contribution in [1.82, 2.24) is 9.88 Å². The van der Waals surface area contributed by atoms with Crippen LogP contribution in [0.5, 0.6) is 5.75 Å². The second-order valence-electron chi connectivity index (χ2n) is 6.46. The van der Waals surface area contributed by atoms with Crippen LogP contribution in [0.1, 0.15) is 10.7 Å². The van der Waals surface area contributed by atoms with Crippen LogP contribution in [0.2, 0.25) is 5.02 Å². The Morgan fingerprint density at radius 2 is 1.90 bits per heavy atom. The predicted octanol–water partition coefficient (Wildman–Crippen LogP) is 5.33. The maximum atomic E-state index is 12.5. The highest BCUT2D eigenvalue weighted by molar-refractivity contribution is 8.13. The maximum Gasteiger partial charge on any atom is 0.286 e. The Kier molecular flexibility index (Phi) is 7.73. The van der Waals surface area contributed by atoms with E-state index in [1.165, 1.54) is 16.2 Å². The minimum atomic E-state index is -0.198. The van der Waals surface area contributed by atoms with Gasteiger partial charge < -0.3 is 15.0 Å². The molecule has 0 atom stereocenters. The van der Waals surface area contributed by atoms with Crippen LogP contribution < -0.4 is 10.1 Å². The third-order valence-electron chi connectivity index (χ3n) is 3.84. The number of nitrogens with zero attached hydrogens (tertiary/aromatic N) is 2. The Morgan fingerprint density at radius 1 is 1.17 bits per heavy atom. The van der Waals surface area contributed by atoms with Crippen molar-refractivity contribution in [2.24, 2.45) is 0 Å². The number of thioether (sulfide) groups is 1. The molecule has 0 bridgehead atoms. The first-order chi connectivity index (χ1) is 14.4. The molecule has 1 heterocycles. The lowest BCUT2D eigenvalue weighted by Crippen LogP contribution is -2.18. The summed E-state index contributed by atoms with van der Waals surface area (Å²) in [5.41, 5.74) is 1.27. The minimum Gasteiger partial charge on any atom is -0.486 e. The molecule has 3 aromatic rings. The molecule has 0 saturated carbocycles. The lowest BCUT2D eigenvalue weighted by Gasteiger charge is -2.12. The number of ether oxygens (including phenoxy) is 1. The van der Waals surface area contributed by atoms with Gasteiger partial charge >= 0.3 is 0 Å². The molecule has 1 N–H and O–H groups in total. The van der Waals surface area contributed by atoms with E-state index in [1.807, 2.05) is 17.5 Å². The Bertz CT molecular complexity index is 1020. The van der Waals surface area contributed by atoms with E-state index in [0.717, 1.165) is 16.8 Å². The molecule has 2 aromatic carbocycles. The number of hydrogen-bond donors (Lipinski definition) is 1. The molecule has 0 aliphatic rings. The number of anilines is 1. The third kappa shape index (κ3) is 6.48. The number of aromatic nitrogens is 1. The van der Waals surface area contributed by atoms with Gasteiger partial charge in [0.2, 0.25) is 5.91 Å². The second kappa shape index (κ2) is 10.5. The van der Waals surface area contributed by atoms with E-state index >= 15 is 0 Å². The molecule has 0 saturated heterocycles. The molecule has 0 aliphatic carbocycles. The van der Waals surface area contributed by atoms with Gasteiger partial charge in [-0.05, 0) is 48.2 Å². The van der Waals surface area contributed by atoms with Crippen LogP contribution in [-0.2, 0) is 17.8 Å². The van der Waals surface area contributed by atoms with Gasteiger partial charge in [0.25, 0.3) is 5.24 Å². The van der Waals surface area contributed by atoms with Crippen molar-refractivity contribution in [2.75, 3.05) is 19.4 Å². The number of thiazole rings is 1. The molecule has 30 heavy (non-hydrogen) atoms. The molecular weight excluding hydrogens is 442 g/mol. The Balaban J connectivity index is 1.56. The molecule has 0 unspecified atom stereocenters. The first-order valence-corrected chi connectivity index (χ1v) is 11.1. The molecule has 0 aliphatic heterocycles. The van der Waals surface area contributed by atoms with Crippen molar-refractivity contribution in [3.63, 3.8) is 0 Å². The van der Waals surface area contributed by atoms with E-state index in [0.29, 0.717) is 33.7 Å². The van der Waals surface area contributed by atoms with Gasteiger partial charge in [0.1, 0.15) is 17.4 Å². The van der Waals surface area contributed by atoms with E-state index in [4.69, 9.17) is 16.3 Å². The van der Waals surface area contributed by atoms with Crippen molar-refractivity contribution < 1.29 is 14.3 Å². The van der Waals surface area contributed by atoms with Crippen molar-refractivity contribution in [3.05, 3.63) is 69.6 Å². The number of rotatable bonds is 7. The average Bonchev–Trinajstić information content (AvgIpc) is 3.16. The monoisotopic (exact) mass is 461 g/mol. The summed E-state index contributed by atoms with van der Waals surface area (Å²) in [5, 5.41) is 6.03. The van der Waals surface area contributed by atoms with Gasteiger partial charge in [0, 0.05) is 29.4 Å². The molecule has 1 aromatic heterocycles. The van der Waals surface area contributed by atoms with Crippen molar-refractivity contribution in [1.29, 1.82) is 0 Å². The van der Waals surface area contributed by atoms with Crippen molar-refractivity contribution >= 4 is 51.5 Å². The number of carbonyl (C=O) groups is 2. The van der Waals surface area contributed by atoms with Crippen LogP contribution in [0.4, 0.5) is 10.5 Å². The number of amides is 2. The first kappa shape index (κ1) is 22.1. The molecule has 9 heteroatoms. The van der Waals surface area contributed by atoms with E-state index in [-0.39, 0.29) is 17.6 Å². The fourth-order valence-corrected chi connectivity index (χ4v) is 3.95. The lowest BCUT2D eigenvalue weighted by atomic mass is 10.3. The topological polar surface area (TPSA) is 71.5 Å². The van der Waals surface area contributed by atoms with Gasteiger partial charge in [-0.2, -0.15) is 0 Å². The average molecular weight is 462 g/mol. The second-order valence-corrected chi connectivity index (χ2v) is 8.83. The molecule has 156 valence electrons. The maximum absolute atomic E-state index is 12.5. The third-order valence-corrected chi connectivity index (χ3v) is 6.08. The van der Waals surface area contributed by atoms with Crippen LogP contribution in [-0.4, -0.2) is 35.1 Å². The standard InChI is InChI=1S/C21H20ClN3O3S2/c1-25(2)21(27)30-18-6-4-3-5-17(18)24-19(26)11-15-13-29-20(23-15)12-28-16-9-7-14(22)8-10-16/h3-10,13H,11-12H2,1-2H3,(H,24,26). The molecular formula is C21H20ClN3O3S2. The zero-order valence-electron chi connectivity index (χ0n) is 16.4. The molecule has 0 radical (unpaired) electrons. The van der Waals surface area contributed by atoms with Gasteiger partial charge in [0.15, 0.2) is 0 Å². The highest BCUT2D eigenvalue weighted by Gasteiger charge is 2.14. The largest absolute Gasteiger partial charge is 0.486 e. The van der Waals surface area contributed by atoms with E-state index in [1.54, 1.807) is 50.5 Å². The normalized spacial score (nSPS) is 10.5. The molecule has 0 fully saturated rings. The zero-order valence-corrected chi connectivity index (χ0v) is 18.8. The van der Waals surface area contributed by atoms with Crippen LogP contribution >= 0.6 is 34.7 Å². The number of benzene rings is 2. The smallest absolute Gasteiger partial charge is 0.286 e. The summed E-state index contributed by atoms with van der Waals surface area (Å²) >= 11 is 8.37. The van der Waals surface area contributed by atoms with E-state index < -0.39 is 0 Å². The van der Waals surface area contributed by atoms with Crippen molar-refractivity contribution in [2.45, 2.75) is 17.9 Å². The molecule has 0 spiro atoms. The molecule has 2 amide bonds. The predicted molar refractivity (Wildman–Crippen MR) is 122 cm³/mol. The Hall–Kier alpha value is -2.55. The molecule has 6 nitrogen and oxygen atoms in total. The fraction of sp³-hybridized carbons (Fsp3) is 0.190. The van der Waals surface area contributed by atoms with Gasteiger partial charge in [-0.25, -0.2) is 4.98 Å². The number of halogens is 1. The quantitative estimate of drug-likeness (QED) is 0.481. The van der Waals surface area contributed by atoms with Gasteiger partial charge in [-0.1, -0.05) is 23.7 Å². The fourth-order valence-electron chi connectivity index (χ4n) is 2.38. The highest BCUT2D eigenvalue weighted by Crippen LogP contribution is 2.28. The number of hydrogen-bond acceptors (Lipinski definition) is 6. The SMILES string of the molecule is CN(C)C(=O)Sc1ccccc1NC(=O)Cc1csc(COc2ccc(Cl)cc2)n1. The van der Waals surface area contributed by atoms with Crippen molar-refractivity contribution in [3.8, 4) is 5.75 Å². The number of nitrogens with one attached hydrogen (secondary N) is 1. The molecule has 3 rings (SSSR count). The lowest BCUT2D eigenvalue weighted by molar-refractivity contribution is -0.115. The summed E-state index contributed by atoms with van der Waals surface area (Å²) < 4.78 is 5.68. The number of para-hydroxylation sites is 1. The summed E-state index contributed by atoms with van der Waals surface area (Å²) in [6, 6.07) is 14.3. The van der Waals surface area contributed by atoms with E-state index in [2.05, 4.69) is 10.3 Å². The minimum absolute atomic E-state index is 0.110. The summed E-state index contributed by atoms with van der Waals surface area (Å²) in [6.45, 7) is 0.319. The van der Waals surface area contributed by atoms with Gasteiger partial charge in [-0.15, -0.1) is 11.3 Å². The van der Waals surface area contributed by atoms with Gasteiger partial charge in [0.05, 0.1) is 17.8 Å². The zero-order chi connectivity index (χ0) is 21.5. The van der Waals surface area contributed by atoms with E-state index in [9.17, 15) is 9.59 Å². The highest BCUT2D eigenvalue weighted by atomic mass is 35.5. The van der Waals surface area contributed by atoms with Crippen LogP contribution in [0.3, 0.4) is 0 Å². The van der Waals surface area contributed by atoms with Crippen LogP contribution in [0.15, 0.2) is 58.8 Å². The first-order valence-electron chi connectivity index (χ1n) is 9.00. The Labute approximate surface area is 188 Å². The van der Waals surface area contributed by atoms with Crippen LogP contribution in [0, 0.1) is 0 Å². The summed E-state index contributed by atoms with van der Waals surface area (Å²) in [4.78, 5) is 31.1. The van der Waals surface area contributed by atoms with Crippen LogP contribution in [0.25, 0.3) is 0 Å². The number of carbonyl (C=O) groups excluding carboxylic acids is 2. The summed E-state index contributed by atoms with van der Waals surface area (Å²) in [5.74, 6) is 0.506. The summed E-state index contributed by atoms with van der Waals surface area (Å²) in [7, 11) is 3.38. The summed E-state index contributed by atoms with van der Waals surface area (Å²) in [6.07, 6.45) is 0.137. The Morgan fingerprint density at radius 3 is 2.63 bits per heavy atom.